The number of nitrogens with zero attached hydrogens (tertiary/aromatic N) is 3. The fourth-order valence-electron chi connectivity index (χ4n) is 2.32. The summed E-state index contributed by atoms with van der Waals surface area (Å²) in [6.07, 6.45) is -3.59. The second-order valence-corrected chi connectivity index (χ2v) is 7.96. The lowest BCUT2D eigenvalue weighted by Gasteiger charge is -2.40. The molecule has 1 aromatic heterocycles. The molecule has 0 unspecified atom stereocenters. The zero-order valence-corrected chi connectivity index (χ0v) is 13.8. The normalized spacial score (nSPS) is 15.3. The zero-order valence-electron chi connectivity index (χ0n) is 13.0. The Morgan fingerprint density at radius 3 is 1.96 bits per heavy atom. The van der Waals surface area contributed by atoms with Crippen LogP contribution in [0.25, 0.3) is 16.9 Å². The lowest BCUT2D eigenvalue weighted by atomic mass is 10.0. The summed E-state index contributed by atoms with van der Waals surface area (Å²) in [6.45, 7) is 0. The molecule has 1 heterocycles. The minimum Gasteiger partial charge on any atom is -0.220 e. The van der Waals surface area contributed by atoms with Crippen LogP contribution < -0.4 is 0 Å². The smallest absolute Gasteiger partial charge is 0.220 e. The van der Waals surface area contributed by atoms with Gasteiger partial charge in [-0.25, -0.2) is 4.68 Å². The van der Waals surface area contributed by atoms with E-state index >= 15 is 0 Å². The standard InChI is InChI=1S/C15H9F8N3S/c16-15(17,18)13-4-2-1-3-12(13)14-9-26(25-24-14)10-5-7-11(8-6-10)27(19,20,21,22)23/h1-9H. The van der Waals surface area contributed by atoms with Crippen LogP contribution >= 0.6 is 10.2 Å². The molecule has 0 aliphatic rings. The van der Waals surface area contributed by atoms with Crippen LogP contribution in [0.4, 0.5) is 32.6 Å². The van der Waals surface area contributed by atoms with Gasteiger partial charge in [-0.05, 0) is 30.3 Å². The fourth-order valence-corrected chi connectivity index (χ4v) is 2.97. The number of hydrogen-bond acceptors (Lipinski definition) is 2. The molecule has 0 amide bonds. The van der Waals surface area contributed by atoms with Gasteiger partial charge in [-0.1, -0.05) is 42.8 Å². The maximum atomic E-state index is 13.1. The highest BCUT2D eigenvalue weighted by molar-refractivity contribution is 8.45. The van der Waals surface area contributed by atoms with Crippen molar-refractivity contribution in [3.05, 3.63) is 60.3 Å². The van der Waals surface area contributed by atoms with Gasteiger partial charge in [0.1, 0.15) is 10.6 Å². The van der Waals surface area contributed by atoms with Gasteiger partial charge < -0.3 is 0 Å². The van der Waals surface area contributed by atoms with Crippen molar-refractivity contribution in [1.29, 1.82) is 0 Å². The Kier molecular flexibility index (Phi) is 3.69. The van der Waals surface area contributed by atoms with Gasteiger partial charge in [0.15, 0.2) is 0 Å². The second kappa shape index (κ2) is 5.21. The molecule has 0 saturated heterocycles. The van der Waals surface area contributed by atoms with E-state index in [1.165, 1.54) is 12.1 Å². The monoisotopic (exact) mass is 415 g/mol. The van der Waals surface area contributed by atoms with Gasteiger partial charge in [-0.2, -0.15) is 13.2 Å². The Hall–Kier alpha value is -2.63. The lowest BCUT2D eigenvalue weighted by molar-refractivity contribution is -0.137. The molecule has 0 aliphatic heterocycles. The molecule has 3 rings (SSSR count). The number of hydrogen-bond donors (Lipinski definition) is 0. The maximum Gasteiger partial charge on any atom is 0.417 e. The Balaban J connectivity index is 1.99. The summed E-state index contributed by atoms with van der Waals surface area (Å²) in [6, 6.07) is 6.36. The van der Waals surface area contributed by atoms with E-state index in [4.69, 9.17) is 0 Å². The predicted octanol–water partition coefficient (Wildman–Crippen LogP) is 6.61. The zero-order chi connectivity index (χ0) is 20.2. The van der Waals surface area contributed by atoms with Crippen molar-refractivity contribution >= 4 is 10.2 Å². The molecule has 0 radical (unpaired) electrons. The van der Waals surface area contributed by atoms with Gasteiger partial charge in [0.2, 0.25) is 0 Å². The molecule has 2 aromatic carbocycles. The summed E-state index contributed by atoms with van der Waals surface area (Å²) in [4.78, 5) is -2.08. The van der Waals surface area contributed by atoms with E-state index in [-0.39, 0.29) is 29.1 Å². The van der Waals surface area contributed by atoms with Gasteiger partial charge in [0.05, 0.1) is 17.4 Å². The van der Waals surface area contributed by atoms with Crippen molar-refractivity contribution in [3.63, 3.8) is 0 Å². The average Bonchev–Trinajstić information content (AvgIpc) is 3.02. The summed E-state index contributed by atoms with van der Waals surface area (Å²) in [5.74, 6) is 0. The van der Waals surface area contributed by atoms with Crippen molar-refractivity contribution in [2.75, 3.05) is 0 Å². The summed E-state index contributed by atoms with van der Waals surface area (Å²) < 4.78 is 104. The molecule has 0 bridgehead atoms. The van der Waals surface area contributed by atoms with E-state index in [0.29, 0.717) is 0 Å². The summed E-state index contributed by atoms with van der Waals surface area (Å²) in [5.41, 5.74) is -1.50. The number of aromatic nitrogens is 3. The highest BCUT2D eigenvalue weighted by Gasteiger charge is 2.65. The Bertz CT molecular complexity index is 991. The third-order valence-corrected chi connectivity index (χ3v) is 4.71. The van der Waals surface area contributed by atoms with Crippen molar-refractivity contribution in [1.82, 2.24) is 15.0 Å². The van der Waals surface area contributed by atoms with Gasteiger partial charge in [-0.3, -0.25) is 0 Å². The summed E-state index contributed by atoms with van der Waals surface area (Å²) >= 11 is 0. The highest BCUT2D eigenvalue weighted by Crippen LogP contribution is 3.02. The second-order valence-electron chi connectivity index (χ2n) is 5.55. The van der Waals surface area contributed by atoms with E-state index in [1.807, 2.05) is 0 Å². The van der Waals surface area contributed by atoms with Crippen LogP contribution in [-0.4, -0.2) is 15.0 Å². The van der Waals surface area contributed by atoms with E-state index in [0.717, 1.165) is 35.1 Å². The van der Waals surface area contributed by atoms with Crippen molar-refractivity contribution in [2.24, 2.45) is 0 Å². The van der Waals surface area contributed by atoms with Crippen molar-refractivity contribution in [3.8, 4) is 16.9 Å². The van der Waals surface area contributed by atoms with Crippen LogP contribution in [0.3, 0.4) is 0 Å². The molecule has 0 atom stereocenters. The summed E-state index contributed by atoms with van der Waals surface area (Å²) in [5, 5.41) is 7.14. The molecule has 3 aromatic rings. The average molecular weight is 415 g/mol. The molecular formula is C15H9F8N3S. The topological polar surface area (TPSA) is 30.7 Å². The SMILES string of the molecule is FC(F)(F)c1ccccc1-c1cn(-c2ccc(S(F)(F)(F)(F)F)cc2)nn1. The Morgan fingerprint density at radius 2 is 1.41 bits per heavy atom. The fraction of sp³-hybridized carbons (Fsp3) is 0.0667. The largest absolute Gasteiger partial charge is 0.417 e. The number of rotatable bonds is 3. The number of benzene rings is 2. The van der Waals surface area contributed by atoms with Crippen molar-refractivity contribution in [2.45, 2.75) is 11.1 Å². The molecule has 3 nitrogen and oxygen atoms in total. The molecule has 0 fully saturated rings. The van der Waals surface area contributed by atoms with Gasteiger partial charge in [-0.15, -0.1) is 5.10 Å². The molecule has 0 spiro atoms. The van der Waals surface area contributed by atoms with E-state index in [1.54, 1.807) is 0 Å². The first-order chi connectivity index (χ1) is 12.1. The van der Waals surface area contributed by atoms with Crippen LogP contribution in [0.15, 0.2) is 59.6 Å². The minimum absolute atomic E-state index is 0.0798. The predicted molar refractivity (Wildman–Crippen MR) is 83.2 cm³/mol. The molecule has 146 valence electrons. The van der Waals surface area contributed by atoms with E-state index < -0.39 is 26.9 Å². The van der Waals surface area contributed by atoms with Crippen LogP contribution in [0.2, 0.25) is 0 Å². The number of halogens is 8. The van der Waals surface area contributed by atoms with Crippen LogP contribution in [-0.2, 0) is 6.18 Å². The Morgan fingerprint density at radius 1 is 0.815 bits per heavy atom. The maximum absolute atomic E-state index is 13.1. The third kappa shape index (κ3) is 4.04. The third-order valence-electron chi connectivity index (χ3n) is 3.55. The molecule has 0 N–H and O–H groups in total. The van der Waals surface area contributed by atoms with Crippen LogP contribution in [0.5, 0.6) is 0 Å². The molecule has 0 aliphatic carbocycles. The van der Waals surface area contributed by atoms with E-state index in [9.17, 15) is 32.6 Å². The minimum atomic E-state index is -9.81. The van der Waals surface area contributed by atoms with Gasteiger partial charge in [0.25, 0.3) is 0 Å². The number of alkyl halides is 3. The first-order valence-corrected chi connectivity index (χ1v) is 9.04. The van der Waals surface area contributed by atoms with E-state index in [2.05, 4.69) is 10.3 Å². The first kappa shape index (κ1) is 19.1. The first-order valence-electron chi connectivity index (χ1n) is 7.09. The van der Waals surface area contributed by atoms with Gasteiger partial charge in [0, 0.05) is 5.56 Å². The highest BCUT2D eigenvalue weighted by atomic mass is 32.5. The van der Waals surface area contributed by atoms with Gasteiger partial charge >= 0.3 is 16.4 Å². The quantitative estimate of drug-likeness (QED) is 0.451. The molecular weight excluding hydrogens is 406 g/mol. The molecule has 27 heavy (non-hydrogen) atoms. The summed E-state index contributed by atoms with van der Waals surface area (Å²) in [7, 11) is -9.81. The Labute approximate surface area is 147 Å². The molecule has 0 saturated carbocycles. The van der Waals surface area contributed by atoms with Crippen LogP contribution in [0.1, 0.15) is 5.56 Å². The van der Waals surface area contributed by atoms with Crippen LogP contribution in [0, 0.1) is 0 Å². The van der Waals surface area contributed by atoms with Crippen molar-refractivity contribution < 1.29 is 32.6 Å². The lowest BCUT2D eigenvalue weighted by Crippen LogP contribution is -2.06. The molecule has 12 heteroatoms.